The summed E-state index contributed by atoms with van der Waals surface area (Å²) in [4.78, 5) is 23.2. The van der Waals surface area contributed by atoms with E-state index in [0.717, 1.165) is 64.2 Å². The normalized spacial score (nSPS) is 14.6. The fourth-order valence-corrected chi connectivity index (χ4v) is 7.59. The molecule has 346 valence electrons. The standard InChI is InChI=1S/C50H95N2O6P/c1-6-8-10-12-14-16-18-20-22-24-25-26-27-28-29-31-33-35-37-39-41-43-49(53)48(47-58-59(55,56)57-46-45-52(3,4)5)51-50(54)44-42-40-38-36-34-32-30-23-21-19-17-15-13-11-9-7-2/h17,19,23,30,33,35,41,43,48-49,53H,6-16,18,20-22,24-29,31-32,34,36-40,42,44-47H2,1-5H3,(H-,51,54,55,56)/p+1/b19-17-,30-23-,35-33+,43-41+. The first-order valence-corrected chi connectivity index (χ1v) is 26.0. The SMILES string of the molecule is CCCCCC/C=C\C/C=C\CCCCCCCC(=O)NC(COP(=O)(O)OCC[N+](C)(C)C)C(O)/C=C/CC/C=C/CCCCCCCCCCCCCCCCC. The summed E-state index contributed by atoms with van der Waals surface area (Å²) in [5.41, 5.74) is 0. The summed E-state index contributed by atoms with van der Waals surface area (Å²) in [6.45, 7) is 4.77. The van der Waals surface area contributed by atoms with E-state index in [9.17, 15) is 19.4 Å². The highest BCUT2D eigenvalue weighted by Crippen LogP contribution is 2.43. The van der Waals surface area contributed by atoms with Crippen molar-refractivity contribution in [3.8, 4) is 0 Å². The third-order valence-electron chi connectivity index (χ3n) is 10.8. The molecule has 0 heterocycles. The molecule has 0 aromatic rings. The van der Waals surface area contributed by atoms with Gasteiger partial charge >= 0.3 is 7.82 Å². The molecule has 0 aromatic carbocycles. The Hall–Kier alpha value is -1.54. The fraction of sp³-hybridized carbons (Fsp3) is 0.820. The number of rotatable bonds is 44. The molecule has 1 amide bonds. The average molecular weight is 852 g/mol. The number of aliphatic hydroxyl groups excluding tert-OH is 1. The number of nitrogens with zero attached hydrogens (tertiary/aromatic N) is 1. The quantitative estimate of drug-likeness (QED) is 0.0244. The van der Waals surface area contributed by atoms with E-state index in [4.69, 9.17) is 9.05 Å². The molecule has 0 bridgehead atoms. The van der Waals surface area contributed by atoms with E-state index in [1.807, 2.05) is 27.2 Å². The molecule has 3 unspecified atom stereocenters. The smallest absolute Gasteiger partial charge is 0.387 e. The zero-order chi connectivity index (χ0) is 43.6. The summed E-state index contributed by atoms with van der Waals surface area (Å²) in [6, 6.07) is -0.871. The minimum absolute atomic E-state index is 0.0522. The van der Waals surface area contributed by atoms with E-state index in [1.54, 1.807) is 6.08 Å². The molecule has 0 aliphatic rings. The van der Waals surface area contributed by atoms with Crippen LogP contribution >= 0.6 is 7.82 Å². The van der Waals surface area contributed by atoms with Crippen molar-refractivity contribution in [1.29, 1.82) is 0 Å². The number of aliphatic hydroxyl groups is 1. The minimum atomic E-state index is -4.35. The molecule has 8 nitrogen and oxygen atoms in total. The number of quaternary nitrogens is 1. The number of amides is 1. The van der Waals surface area contributed by atoms with Gasteiger partial charge in [-0.05, 0) is 64.2 Å². The molecule has 0 rings (SSSR count). The summed E-state index contributed by atoms with van der Waals surface area (Å²) in [5.74, 6) is -0.201. The predicted molar refractivity (Wildman–Crippen MR) is 254 cm³/mol. The maximum Gasteiger partial charge on any atom is 0.472 e. The van der Waals surface area contributed by atoms with Crippen LogP contribution in [0.25, 0.3) is 0 Å². The molecule has 3 N–H and O–H groups in total. The van der Waals surface area contributed by atoms with E-state index >= 15 is 0 Å². The Bertz CT molecular complexity index is 1100. The summed E-state index contributed by atoms with van der Waals surface area (Å²) in [5, 5.41) is 13.8. The highest BCUT2D eigenvalue weighted by atomic mass is 31.2. The Kier molecular flexibility index (Phi) is 40.7. The minimum Gasteiger partial charge on any atom is -0.387 e. The molecule has 0 saturated heterocycles. The predicted octanol–water partition coefficient (Wildman–Crippen LogP) is 14.0. The molecule has 9 heteroatoms. The Morgan fingerprint density at radius 3 is 1.47 bits per heavy atom. The Balaban J connectivity index is 4.42. The zero-order valence-electron chi connectivity index (χ0n) is 39.2. The summed E-state index contributed by atoms with van der Waals surface area (Å²) in [6.07, 6.45) is 53.3. The molecule has 0 radical (unpaired) electrons. The lowest BCUT2D eigenvalue weighted by Gasteiger charge is -2.25. The number of unbranched alkanes of at least 4 members (excludes halogenated alkanes) is 25. The van der Waals surface area contributed by atoms with Gasteiger partial charge in [0.15, 0.2) is 0 Å². The number of carbonyl (C=O) groups is 1. The molecule has 0 aliphatic carbocycles. The van der Waals surface area contributed by atoms with Crippen molar-refractivity contribution in [3.05, 3.63) is 48.6 Å². The van der Waals surface area contributed by atoms with Gasteiger partial charge in [-0.25, -0.2) is 4.57 Å². The first kappa shape index (κ1) is 57.5. The number of hydrogen-bond acceptors (Lipinski definition) is 5. The van der Waals surface area contributed by atoms with Crippen molar-refractivity contribution in [2.75, 3.05) is 40.9 Å². The van der Waals surface area contributed by atoms with Crippen molar-refractivity contribution in [2.45, 2.75) is 225 Å². The van der Waals surface area contributed by atoms with Crippen molar-refractivity contribution in [1.82, 2.24) is 5.32 Å². The number of likely N-dealkylation sites (N-methyl/N-ethyl adjacent to an activating group) is 1. The van der Waals surface area contributed by atoms with Gasteiger partial charge in [0.25, 0.3) is 0 Å². The number of hydrogen-bond donors (Lipinski definition) is 3. The zero-order valence-corrected chi connectivity index (χ0v) is 40.1. The number of allylic oxidation sites excluding steroid dienone is 7. The van der Waals surface area contributed by atoms with Gasteiger partial charge in [-0.2, -0.15) is 0 Å². The summed E-state index contributed by atoms with van der Waals surface area (Å²) < 4.78 is 23.6. The van der Waals surface area contributed by atoms with Crippen molar-refractivity contribution < 1.29 is 32.9 Å². The first-order valence-electron chi connectivity index (χ1n) is 24.5. The van der Waals surface area contributed by atoms with Gasteiger partial charge in [-0.3, -0.25) is 13.8 Å². The van der Waals surface area contributed by atoms with Crippen LogP contribution in [0.4, 0.5) is 0 Å². The lowest BCUT2D eigenvalue weighted by atomic mass is 10.0. The van der Waals surface area contributed by atoms with Gasteiger partial charge in [-0.1, -0.05) is 191 Å². The number of carbonyl (C=O) groups excluding carboxylic acids is 1. The topological polar surface area (TPSA) is 105 Å². The number of phosphoric ester groups is 1. The van der Waals surface area contributed by atoms with Gasteiger partial charge in [-0.15, -0.1) is 0 Å². The second-order valence-electron chi connectivity index (χ2n) is 17.8. The van der Waals surface area contributed by atoms with E-state index in [2.05, 4.69) is 55.6 Å². The van der Waals surface area contributed by atoms with Crippen molar-refractivity contribution >= 4 is 13.7 Å². The molecular weight excluding hydrogens is 756 g/mol. The third kappa shape index (κ3) is 44.3. The van der Waals surface area contributed by atoms with Crippen LogP contribution in [0.1, 0.15) is 213 Å². The van der Waals surface area contributed by atoms with Crippen molar-refractivity contribution in [2.24, 2.45) is 0 Å². The molecular formula is C50H96N2O6P+. The third-order valence-corrected chi connectivity index (χ3v) is 11.8. The second kappa shape index (κ2) is 41.8. The Labute approximate surface area is 365 Å². The molecule has 3 atom stereocenters. The molecule has 0 saturated carbocycles. The molecule has 59 heavy (non-hydrogen) atoms. The van der Waals surface area contributed by atoms with Gasteiger partial charge in [0.1, 0.15) is 13.2 Å². The highest BCUT2D eigenvalue weighted by Gasteiger charge is 2.27. The molecule has 0 aromatic heterocycles. The monoisotopic (exact) mass is 852 g/mol. The summed E-state index contributed by atoms with van der Waals surface area (Å²) >= 11 is 0. The van der Waals surface area contributed by atoms with Gasteiger partial charge in [0, 0.05) is 6.42 Å². The maximum absolute atomic E-state index is 12.9. The molecule has 0 aliphatic heterocycles. The van der Waals surface area contributed by atoms with Crippen LogP contribution in [0.3, 0.4) is 0 Å². The van der Waals surface area contributed by atoms with Crippen LogP contribution in [0.5, 0.6) is 0 Å². The van der Waals surface area contributed by atoms with Crippen molar-refractivity contribution in [3.63, 3.8) is 0 Å². The Morgan fingerprint density at radius 2 is 0.983 bits per heavy atom. The Morgan fingerprint density at radius 1 is 0.576 bits per heavy atom. The van der Waals surface area contributed by atoms with Gasteiger partial charge in [0.2, 0.25) is 5.91 Å². The second-order valence-corrected chi connectivity index (χ2v) is 19.3. The molecule has 0 spiro atoms. The van der Waals surface area contributed by atoms with Gasteiger partial charge in [0.05, 0.1) is 39.9 Å². The molecule has 0 fully saturated rings. The van der Waals surface area contributed by atoms with Crippen LogP contribution in [-0.4, -0.2) is 73.4 Å². The van der Waals surface area contributed by atoms with E-state index < -0.39 is 20.0 Å². The van der Waals surface area contributed by atoms with E-state index in [0.29, 0.717) is 17.4 Å². The first-order chi connectivity index (χ1) is 28.5. The average Bonchev–Trinajstić information content (AvgIpc) is 3.19. The van der Waals surface area contributed by atoms with Crippen LogP contribution in [0.15, 0.2) is 48.6 Å². The fourth-order valence-electron chi connectivity index (χ4n) is 6.85. The van der Waals surface area contributed by atoms with Crippen LogP contribution < -0.4 is 5.32 Å². The van der Waals surface area contributed by atoms with E-state index in [1.165, 1.54) is 128 Å². The maximum atomic E-state index is 12.9. The van der Waals surface area contributed by atoms with Crippen LogP contribution in [0, 0.1) is 0 Å². The van der Waals surface area contributed by atoms with Crippen LogP contribution in [0.2, 0.25) is 0 Å². The van der Waals surface area contributed by atoms with E-state index in [-0.39, 0.29) is 19.1 Å². The highest BCUT2D eigenvalue weighted by molar-refractivity contribution is 7.47. The number of nitrogens with one attached hydrogen (secondary N) is 1. The lowest BCUT2D eigenvalue weighted by Crippen LogP contribution is -2.45. The largest absolute Gasteiger partial charge is 0.472 e. The van der Waals surface area contributed by atoms with Gasteiger partial charge < -0.3 is 19.8 Å². The lowest BCUT2D eigenvalue weighted by molar-refractivity contribution is -0.870. The van der Waals surface area contributed by atoms with Crippen LogP contribution in [-0.2, 0) is 18.4 Å². The number of phosphoric acid groups is 1. The summed E-state index contributed by atoms with van der Waals surface area (Å²) in [7, 11) is 1.54.